The van der Waals surface area contributed by atoms with Crippen LogP contribution in [-0.4, -0.2) is 17.1 Å². The third-order valence-corrected chi connectivity index (χ3v) is 2.10. The second kappa shape index (κ2) is 3.96. The van der Waals surface area contributed by atoms with Gasteiger partial charge >= 0.3 is 0 Å². The summed E-state index contributed by atoms with van der Waals surface area (Å²) in [5, 5.41) is 0. The Morgan fingerprint density at radius 2 is 2.13 bits per heavy atom. The topological polar surface area (TPSA) is 61.0 Å². The number of aromatic nitrogens is 2. The van der Waals surface area contributed by atoms with Gasteiger partial charge in [-0.05, 0) is 18.2 Å². The van der Waals surface area contributed by atoms with Crippen LogP contribution < -0.4 is 10.5 Å². The number of methoxy groups -OCH3 is 1. The average Bonchev–Trinajstić information content (AvgIpc) is 2.30. The van der Waals surface area contributed by atoms with Gasteiger partial charge in [-0.1, -0.05) is 0 Å². The highest BCUT2D eigenvalue weighted by Gasteiger charge is 2.09. The summed E-state index contributed by atoms with van der Waals surface area (Å²) in [6.45, 7) is 0. The van der Waals surface area contributed by atoms with Gasteiger partial charge in [0.1, 0.15) is 11.4 Å². The molecule has 0 amide bonds. The van der Waals surface area contributed by atoms with Crippen molar-refractivity contribution >= 4 is 5.69 Å². The Morgan fingerprint density at radius 1 is 1.27 bits per heavy atom. The summed E-state index contributed by atoms with van der Waals surface area (Å²) in [6.07, 6.45) is 5.03. The minimum Gasteiger partial charge on any atom is -0.494 e. The first-order valence-corrected chi connectivity index (χ1v) is 4.52. The van der Waals surface area contributed by atoms with Crippen molar-refractivity contribution in [2.75, 3.05) is 12.8 Å². The zero-order valence-corrected chi connectivity index (χ0v) is 8.34. The van der Waals surface area contributed by atoms with E-state index in [1.54, 1.807) is 31.8 Å². The van der Waals surface area contributed by atoms with Crippen LogP contribution in [0.5, 0.6) is 5.75 Å². The van der Waals surface area contributed by atoms with Gasteiger partial charge in [-0.2, -0.15) is 0 Å². The van der Waals surface area contributed by atoms with Crippen LogP contribution in [0.3, 0.4) is 0 Å². The Kier molecular flexibility index (Phi) is 2.49. The van der Waals surface area contributed by atoms with Crippen molar-refractivity contribution in [2.45, 2.75) is 0 Å². The molecule has 76 valence electrons. The highest BCUT2D eigenvalue weighted by Crippen LogP contribution is 2.30. The summed E-state index contributed by atoms with van der Waals surface area (Å²) in [7, 11) is 1.60. The van der Waals surface area contributed by atoms with Gasteiger partial charge in [0.25, 0.3) is 0 Å². The Bertz CT molecular complexity index is 471. The lowest BCUT2D eigenvalue weighted by Gasteiger charge is -2.08. The van der Waals surface area contributed by atoms with Gasteiger partial charge in [0, 0.05) is 29.8 Å². The minimum absolute atomic E-state index is 0.641. The van der Waals surface area contributed by atoms with Gasteiger partial charge in [0.2, 0.25) is 0 Å². The highest BCUT2D eigenvalue weighted by molar-refractivity contribution is 5.76. The number of hydrogen-bond donors (Lipinski definition) is 1. The van der Waals surface area contributed by atoms with Gasteiger partial charge in [0.15, 0.2) is 0 Å². The summed E-state index contributed by atoms with van der Waals surface area (Å²) in [6, 6.07) is 5.40. The summed E-state index contributed by atoms with van der Waals surface area (Å²) in [5.41, 5.74) is 7.98. The smallest absolute Gasteiger partial charge is 0.145 e. The van der Waals surface area contributed by atoms with Crippen LogP contribution in [0.2, 0.25) is 0 Å². The fraction of sp³-hybridized carbons (Fsp3) is 0.0909. The number of rotatable bonds is 2. The molecule has 4 heteroatoms. The normalized spacial score (nSPS) is 9.93. The fourth-order valence-corrected chi connectivity index (χ4v) is 1.36. The predicted molar refractivity (Wildman–Crippen MR) is 58.4 cm³/mol. The third-order valence-electron chi connectivity index (χ3n) is 2.10. The molecule has 0 saturated heterocycles. The van der Waals surface area contributed by atoms with Gasteiger partial charge in [-0.3, -0.25) is 9.97 Å². The van der Waals surface area contributed by atoms with E-state index in [9.17, 15) is 0 Å². The van der Waals surface area contributed by atoms with Gasteiger partial charge in [0.05, 0.1) is 7.11 Å². The highest BCUT2D eigenvalue weighted by atomic mass is 16.5. The quantitative estimate of drug-likeness (QED) is 0.803. The Labute approximate surface area is 87.7 Å². The maximum Gasteiger partial charge on any atom is 0.145 e. The number of hydrogen-bond acceptors (Lipinski definition) is 4. The number of ether oxygens (including phenoxy) is 1. The number of nitrogen functional groups attached to an aromatic ring is 1. The molecular formula is C11H11N3O. The first-order chi connectivity index (χ1) is 7.33. The molecule has 2 aromatic rings. The maximum atomic E-state index is 5.84. The Morgan fingerprint density at radius 3 is 2.87 bits per heavy atom. The number of pyridine rings is 2. The molecule has 2 N–H and O–H groups in total. The molecule has 2 aromatic heterocycles. The van der Waals surface area contributed by atoms with Crippen LogP contribution in [0.15, 0.2) is 36.8 Å². The van der Waals surface area contributed by atoms with E-state index in [0.717, 1.165) is 5.56 Å². The van der Waals surface area contributed by atoms with E-state index in [4.69, 9.17) is 10.5 Å². The molecule has 0 bridgehead atoms. The third kappa shape index (κ3) is 1.74. The van der Waals surface area contributed by atoms with Crippen molar-refractivity contribution in [3.05, 3.63) is 36.8 Å². The van der Waals surface area contributed by atoms with E-state index in [1.165, 1.54) is 0 Å². The Balaban J connectivity index is 2.59. The van der Waals surface area contributed by atoms with E-state index in [0.29, 0.717) is 17.1 Å². The first kappa shape index (κ1) is 9.45. The summed E-state index contributed by atoms with van der Waals surface area (Å²) >= 11 is 0. The van der Waals surface area contributed by atoms with Crippen molar-refractivity contribution in [1.82, 2.24) is 9.97 Å². The fourth-order valence-electron chi connectivity index (χ4n) is 1.36. The molecule has 0 aromatic carbocycles. The van der Waals surface area contributed by atoms with Crippen molar-refractivity contribution in [2.24, 2.45) is 0 Å². The lowest BCUT2D eigenvalue weighted by atomic mass is 10.1. The SMILES string of the molecule is COc1cccnc1-c1cnccc1N. The van der Waals surface area contributed by atoms with Crippen LogP contribution in [0.4, 0.5) is 5.69 Å². The zero-order chi connectivity index (χ0) is 10.7. The molecule has 0 aliphatic heterocycles. The molecule has 2 heterocycles. The Hall–Kier alpha value is -2.10. The van der Waals surface area contributed by atoms with Gasteiger partial charge in [-0.25, -0.2) is 0 Å². The standard InChI is InChI=1S/C11H11N3O/c1-15-10-3-2-5-14-11(10)8-7-13-6-4-9(8)12/h2-7H,1H3,(H2,12,13). The number of nitrogens with two attached hydrogens (primary N) is 1. The zero-order valence-electron chi connectivity index (χ0n) is 8.34. The second-order valence-electron chi connectivity index (χ2n) is 3.02. The molecular weight excluding hydrogens is 190 g/mol. The van der Waals surface area contributed by atoms with E-state index in [-0.39, 0.29) is 0 Å². The van der Waals surface area contributed by atoms with Gasteiger partial charge < -0.3 is 10.5 Å². The first-order valence-electron chi connectivity index (χ1n) is 4.52. The van der Waals surface area contributed by atoms with Crippen molar-refractivity contribution in [3.8, 4) is 17.0 Å². The van der Waals surface area contributed by atoms with Crippen molar-refractivity contribution in [1.29, 1.82) is 0 Å². The van der Waals surface area contributed by atoms with Crippen LogP contribution >= 0.6 is 0 Å². The van der Waals surface area contributed by atoms with Crippen LogP contribution in [0.25, 0.3) is 11.3 Å². The largest absolute Gasteiger partial charge is 0.494 e. The van der Waals surface area contributed by atoms with Crippen LogP contribution in [0.1, 0.15) is 0 Å². The van der Waals surface area contributed by atoms with E-state index >= 15 is 0 Å². The van der Waals surface area contributed by atoms with Crippen molar-refractivity contribution < 1.29 is 4.74 Å². The van der Waals surface area contributed by atoms with Crippen LogP contribution in [-0.2, 0) is 0 Å². The summed E-state index contributed by atoms with van der Waals surface area (Å²) < 4.78 is 5.21. The van der Waals surface area contributed by atoms with Crippen molar-refractivity contribution in [3.63, 3.8) is 0 Å². The molecule has 0 aliphatic carbocycles. The second-order valence-corrected chi connectivity index (χ2v) is 3.02. The number of anilines is 1. The number of nitrogens with zero attached hydrogens (tertiary/aromatic N) is 2. The molecule has 0 fully saturated rings. The molecule has 15 heavy (non-hydrogen) atoms. The van der Waals surface area contributed by atoms with Crippen LogP contribution in [0, 0.1) is 0 Å². The van der Waals surface area contributed by atoms with Gasteiger partial charge in [-0.15, -0.1) is 0 Å². The predicted octanol–water partition coefficient (Wildman–Crippen LogP) is 1.73. The molecule has 0 unspecified atom stereocenters. The summed E-state index contributed by atoms with van der Waals surface area (Å²) in [4.78, 5) is 8.26. The van der Waals surface area contributed by atoms with E-state index < -0.39 is 0 Å². The average molecular weight is 201 g/mol. The lowest BCUT2D eigenvalue weighted by molar-refractivity contribution is 0.415. The lowest BCUT2D eigenvalue weighted by Crippen LogP contribution is -1.95. The minimum atomic E-state index is 0.641. The molecule has 4 nitrogen and oxygen atoms in total. The molecule has 0 aliphatic rings. The molecule has 0 radical (unpaired) electrons. The monoisotopic (exact) mass is 201 g/mol. The summed E-state index contributed by atoms with van der Waals surface area (Å²) in [5.74, 6) is 0.692. The molecule has 2 rings (SSSR count). The maximum absolute atomic E-state index is 5.84. The van der Waals surface area contributed by atoms with E-state index in [2.05, 4.69) is 9.97 Å². The molecule has 0 spiro atoms. The molecule has 0 atom stereocenters. The molecule has 0 saturated carbocycles. The van der Waals surface area contributed by atoms with E-state index in [1.807, 2.05) is 12.1 Å².